The minimum Gasteiger partial charge on any atom is -0.496 e. The number of rotatable bonds is 10. The normalized spacial score (nSPS) is 17.9. The maximum Gasteiger partial charge on any atom is 0.223 e. The molecule has 6 nitrogen and oxygen atoms in total. The van der Waals surface area contributed by atoms with E-state index in [-0.39, 0.29) is 23.7 Å². The van der Waals surface area contributed by atoms with E-state index in [0.717, 1.165) is 61.2 Å². The van der Waals surface area contributed by atoms with Crippen LogP contribution < -0.4 is 20.1 Å². The minimum absolute atomic E-state index is 0.00898. The summed E-state index contributed by atoms with van der Waals surface area (Å²) in [7, 11) is 3.31. The topological polar surface area (TPSA) is 76.7 Å². The molecule has 2 aromatic carbocycles. The molecule has 32 heavy (non-hydrogen) atoms. The van der Waals surface area contributed by atoms with E-state index in [9.17, 15) is 9.59 Å². The van der Waals surface area contributed by atoms with Crippen LogP contribution in [-0.4, -0.2) is 39.1 Å². The second kappa shape index (κ2) is 12.1. The summed E-state index contributed by atoms with van der Waals surface area (Å²) in [5, 5.41) is 6.11. The third-order valence-electron chi connectivity index (χ3n) is 6.24. The van der Waals surface area contributed by atoms with Crippen LogP contribution in [0, 0.1) is 11.8 Å². The van der Waals surface area contributed by atoms with Crippen molar-refractivity contribution in [3.63, 3.8) is 0 Å². The van der Waals surface area contributed by atoms with E-state index in [1.807, 2.05) is 48.5 Å². The fraction of sp³-hybridized carbons (Fsp3) is 0.462. The first-order valence-corrected chi connectivity index (χ1v) is 11.4. The van der Waals surface area contributed by atoms with Crippen molar-refractivity contribution in [2.45, 2.75) is 38.5 Å². The van der Waals surface area contributed by atoms with Crippen LogP contribution in [0.5, 0.6) is 11.5 Å². The van der Waals surface area contributed by atoms with Gasteiger partial charge in [-0.25, -0.2) is 0 Å². The molecule has 0 aliphatic heterocycles. The highest BCUT2D eigenvalue weighted by Gasteiger charge is 2.29. The third kappa shape index (κ3) is 6.49. The molecular weight excluding hydrogens is 404 g/mol. The van der Waals surface area contributed by atoms with Gasteiger partial charge in [-0.3, -0.25) is 9.59 Å². The van der Waals surface area contributed by atoms with Gasteiger partial charge in [-0.15, -0.1) is 0 Å². The molecule has 1 saturated carbocycles. The van der Waals surface area contributed by atoms with Gasteiger partial charge in [0.2, 0.25) is 11.8 Å². The van der Waals surface area contributed by atoms with Gasteiger partial charge >= 0.3 is 0 Å². The van der Waals surface area contributed by atoms with Crippen molar-refractivity contribution in [2.24, 2.45) is 11.8 Å². The van der Waals surface area contributed by atoms with Gasteiger partial charge < -0.3 is 20.1 Å². The second-order valence-corrected chi connectivity index (χ2v) is 8.25. The monoisotopic (exact) mass is 438 g/mol. The maximum atomic E-state index is 12.6. The largest absolute Gasteiger partial charge is 0.496 e. The maximum absolute atomic E-state index is 12.6. The zero-order valence-electron chi connectivity index (χ0n) is 19.1. The average Bonchev–Trinajstić information content (AvgIpc) is 2.84. The second-order valence-electron chi connectivity index (χ2n) is 8.25. The molecular formula is C26H34N2O4. The van der Waals surface area contributed by atoms with Crippen LogP contribution in [0.25, 0.3) is 0 Å². The Kier molecular flexibility index (Phi) is 8.96. The first kappa shape index (κ1) is 23.6. The van der Waals surface area contributed by atoms with E-state index in [1.165, 1.54) is 0 Å². The zero-order chi connectivity index (χ0) is 22.8. The number of carbonyl (C=O) groups excluding carboxylic acids is 2. The fourth-order valence-electron chi connectivity index (χ4n) is 4.37. The molecule has 0 radical (unpaired) electrons. The molecule has 0 spiro atoms. The lowest BCUT2D eigenvalue weighted by Gasteiger charge is -2.27. The molecule has 0 aromatic heterocycles. The predicted molar refractivity (Wildman–Crippen MR) is 125 cm³/mol. The van der Waals surface area contributed by atoms with E-state index in [1.54, 1.807) is 14.2 Å². The molecule has 0 atom stereocenters. The van der Waals surface area contributed by atoms with Gasteiger partial charge in [0.15, 0.2) is 0 Å². The standard InChI is InChI=1S/C26H34N2O4/c1-31-23-9-5-3-7-19(23)15-17-27-25(29)21-11-13-22(14-12-21)26(30)28-18-16-20-8-4-6-10-24(20)32-2/h3-10,21-22H,11-18H2,1-2H3,(H,27,29)(H,28,30). The lowest BCUT2D eigenvalue weighted by Crippen LogP contribution is -2.38. The first-order valence-electron chi connectivity index (χ1n) is 11.4. The van der Waals surface area contributed by atoms with Gasteiger partial charge in [-0.2, -0.15) is 0 Å². The Morgan fingerprint density at radius 3 is 1.47 bits per heavy atom. The summed E-state index contributed by atoms with van der Waals surface area (Å²) >= 11 is 0. The number of amides is 2. The molecule has 3 rings (SSSR count). The van der Waals surface area contributed by atoms with Crippen molar-refractivity contribution in [3.8, 4) is 11.5 Å². The molecule has 2 amide bonds. The smallest absolute Gasteiger partial charge is 0.223 e. The molecule has 6 heteroatoms. The number of methoxy groups -OCH3 is 2. The van der Waals surface area contributed by atoms with Gasteiger partial charge in [0.25, 0.3) is 0 Å². The highest BCUT2D eigenvalue weighted by molar-refractivity contribution is 5.81. The van der Waals surface area contributed by atoms with Crippen molar-refractivity contribution in [3.05, 3.63) is 59.7 Å². The predicted octanol–water partition coefficient (Wildman–Crippen LogP) is 3.53. The summed E-state index contributed by atoms with van der Waals surface area (Å²) in [6.45, 7) is 1.17. The number of para-hydroxylation sites is 2. The SMILES string of the molecule is COc1ccccc1CCNC(=O)C1CCC(C(=O)NCCc2ccccc2OC)CC1. The molecule has 1 aliphatic carbocycles. The number of hydrogen-bond acceptors (Lipinski definition) is 4. The lowest BCUT2D eigenvalue weighted by atomic mass is 9.81. The Labute approximate surface area is 190 Å². The zero-order valence-corrected chi connectivity index (χ0v) is 19.1. The summed E-state index contributed by atoms with van der Waals surface area (Å²) in [6.07, 6.45) is 4.49. The molecule has 0 unspecified atom stereocenters. The Morgan fingerprint density at radius 1 is 0.719 bits per heavy atom. The highest BCUT2D eigenvalue weighted by atomic mass is 16.5. The fourth-order valence-corrected chi connectivity index (χ4v) is 4.37. The minimum atomic E-state index is -0.00898. The summed E-state index contributed by atoms with van der Waals surface area (Å²) in [5.41, 5.74) is 2.17. The molecule has 2 N–H and O–H groups in total. The van der Waals surface area contributed by atoms with Crippen LogP contribution in [0.3, 0.4) is 0 Å². The number of benzene rings is 2. The Bertz CT molecular complexity index is 817. The summed E-state index contributed by atoms with van der Waals surface area (Å²) in [6, 6.07) is 15.7. The number of carbonyl (C=O) groups is 2. The van der Waals surface area contributed by atoms with E-state index in [2.05, 4.69) is 10.6 Å². The summed E-state index contributed by atoms with van der Waals surface area (Å²) in [4.78, 5) is 25.1. The Balaban J connectivity index is 1.35. The molecule has 0 heterocycles. The van der Waals surface area contributed by atoms with Crippen LogP contribution in [0.4, 0.5) is 0 Å². The molecule has 0 bridgehead atoms. The van der Waals surface area contributed by atoms with Gasteiger partial charge in [-0.1, -0.05) is 36.4 Å². The van der Waals surface area contributed by atoms with Crippen LogP contribution in [-0.2, 0) is 22.4 Å². The van der Waals surface area contributed by atoms with Crippen molar-refractivity contribution >= 4 is 11.8 Å². The van der Waals surface area contributed by atoms with Crippen LogP contribution in [0.15, 0.2) is 48.5 Å². The average molecular weight is 439 g/mol. The summed E-state index contributed by atoms with van der Waals surface area (Å²) < 4.78 is 10.7. The number of hydrogen-bond donors (Lipinski definition) is 2. The van der Waals surface area contributed by atoms with E-state index in [4.69, 9.17) is 9.47 Å². The first-order chi connectivity index (χ1) is 15.6. The van der Waals surface area contributed by atoms with Crippen LogP contribution in [0.2, 0.25) is 0 Å². The Morgan fingerprint density at radius 2 is 1.09 bits per heavy atom. The molecule has 0 saturated heterocycles. The molecule has 1 aliphatic rings. The highest BCUT2D eigenvalue weighted by Crippen LogP contribution is 2.29. The Hall–Kier alpha value is -3.02. The van der Waals surface area contributed by atoms with Crippen molar-refractivity contribution in [2.75, 3.05) is 27.3 Å². The van der Waals surface area contributed by atoms with E-state index < -0.39 is 0 Å². The third-order valence-corrected chi connectivity index (χ3v) is 6.24. The molecule has 172 valence electrons. The van der Waals surface area contributed by atoms with Gasteiger partial charge in [0.1, 0.15) is 11.5 Å². The summed E-state index contributed by atoms with van der Waals surface area (Å²) in [5.74, 6) is 1.86. The molecule has 1 fully saturated rings. The van der Waals surface area contributed by atoms with E-state index in [0.29, 0.717) is 13.1 Å². The number of ether oxygens (including phenoxy) is 2. The van der Waals surface area contributed by atoms with Crippen LogP contribution in [0.1, 0.15) is 36.8 Å². The quantitative estimate of drug-likeness (QED) is 0.595. The van der Waals surface area contributed by atoms with E-state index >= 15 is 0 Å². The van der Waals surface area contributed by atoms with Gasteiger partial charge in [-0.05, 0) is 61.8 Å². The molecule has 2 aromatic rings. The number of nitrogens with one attached hydrogen (secondary N) is 2. The van der Waals surface area contributed by atoms with Gasteiger partial charge in [0, 0.05) is 24.9 Å². The van der Waals surface area contributed by atoms with Gasteiger partial charge in [0.05, 0.1) is 14.2 Å². The lowest BCUT2D eigenvalue weighted by molar-refractivity contribution is -0.130. The van der Waals surface area contributed by atoms with Crippen molar-refractivity contribution < 1.29 is 19.1 Å². The van der Waals surface area contributed by atoms with Crippen molar-refractivity contribution in [1.29, 1.82) is 0 Å². The van der Waals surface area contributed by atoms with Crippen LogP contribution >= 0.6 is 0 Å². The van der Waals surface area contributed by atoms with Crippen molar-refractivity contribution in [1.82, 2.24) is 10.6 Å².